The fraction of sp³-hybridized carbons (Fsp3) is 0.462. The Hall–Kier alpha value is -1.69. The van der Waals surface area contributed by atoms with Gasteiger partial charge in [0.15, 0.2) is 0 Å². The standard InChI is InChI=1S/C13H18N4OS/c1-8(13-9(2)19-10(3)17-13)16-12(18)5-4-11-6-14-15-7-11/h6-8H,4-5H2,1-3H3,(H,14,15)(H,16,18)/t8-/m1/s1. The molecule has 2 N–H and O–H groups in total. The van der Waals surface area contributed by atoms with E-state index in [1.165, 1.54) is 4.88 Å². The fourth-order valence-corrected chi connectivity index (χ4v) is 2.92. The molecule has 0 radical (unpaired) electrons. The van der Waals surface area contributed by atoms with E-state index in [0.29, 0.717) is 12.8 Å². The molecule has 0 aliphatic heterocycles. The van der Waals surface area contributed by atoms with Crippen LogP contribution in [-0.4, -0.2) is 21.1 Å². The number of carbonyl (C=O) groups is 1. The second-order valence-corrected chi connectivity index (χ2v) is 5.98. The number of aromatic amines is 1. The zero-order valence-corrected chi connectivity index (χ0v) is 12.2. The number of carbonyl (C=O) groups excluding carboxylic acids is 1. The summed E-state index contributed by atoms with van der Waals surface area (Å²) in [5.74, 6) is 0.0405. The van der Waals surface area contributed by atoms with Crippen molar-refractivity contribution in [1.29, 1.82) is 0 Å². The summed E-state index contributed by atoms with van der Waals surface area (Å²) in [4.78, 5) is 17.5. The molecular weight excluding hydrogens is 260 g/mol. The molecule has 5 nitrogen and oxygen atoms in total. The van der Waals surface area contributed by atoms with E-state index in [4.69, 9.17) is 0 Å². The van der Waals surface area contributed by atoms with Crippen molar-refractivity contribution in [3.05, 3.63) is 33.5 Å². The predicted octanol–water partition coefficient (Wildman–Crippen LogP) is 2.29. The number of amides is 1. The lowest BCUT2D eigenvalue weighted by Crippen LogP contribution is -2.27. The van der Waals surface area contributed by atoms with E-state index in [2.05, 4.69) is 20.5 Å². The summed E-state index contributed by atoms with van der Waals surface area (Å²) in [5, 5.41) is 10.6. The van der Waals surface area contributed by atoms with E-state index in [-0.39, 0.29) is 11.9 Å². The summed E-state index contributed by atoms with van der Waals surface area (Å²) >= 11 is 1.66. The molecule has 0 aliphatic rings. The van der Waals surface area contributed by atoms with Crippen molar-refractivity contribution in [3.63, 3.8) is 0 Å². The molecule has 0 spiro atoms. The third-order valence-electron chi connectivity index (χ3n) is 2.92. The van der Waals surface area contributed by atoms with E-state index in [0.717, 1.165) is 16.3 Å². The minimum absolute atomic E-state index is 0.0400. The van der Waals surface area contributed by atoms with Crippen LogP contribution < -0.4 is 5.32 Å². The van der Waals surface area contributed by atoms with Crippen molar-refractivity contribution in [2.24, 2.45) is 0 Å². The van der Waals surface area contributed by atoms with E-state index in [1.807, 2.05) is 27.0 Å². The summed E-state index contributed by atoms with van der Waals surface area (Å²) < 4.78 is 0. The van der Waals surface area contributed by atoms with Crippen molar-refractivity contribution >= 4 is 17.2 Å². The number of nitrogens with zero attached hydrogens (tertiary/aromatic N) is 2. The SMILES string of the molecule is Cc1nc([C@@H](C)NC(=O)CCc2cn[nH]c2)c(C)s1. The van der Waals surface area contributed by atoms with Crippen LogP contribution >= 0.6 is 11.3 Å². The lowest BCUT2D eigenvalue weighted by atomic mass is 10.1. The maximum Gasteiger partial charge on any atom is 0.220 e. The molecule has 102 valence electrons. The van der Waals surface area contributed by atoms with Crippen molar-refractivity contribution in [1.82, 2.24) is 20.5 Å². The summed E-state index contributed by atoms with van der Waals surface area (Å²) in [6.07, 6.45) is 4.71. The van der Waals surface area contributed by atoms with Crippen LogP contribution in [0.15, 0.2) is 12.4 Å². The Morgan fingerprint density at radius 3 is 2.89 bits per heavy atom. The van der Waals surface area contributed by atoms with Gasteiger partial charge in [-0.25, -0.2) is 4.98 Å². The van der Waals surface area contributed by atoms with Gasteiger partial charge in [0.1, 0.15) is 0 Å². The van der Waals surface area contributed by atoms with Crippen LogP contribution in [0.5, 0.6) is 0 Å². The Labute approximate surface area is 116 Å². The van der Waals surface area contributed by atoms with Gasteiger partial charge in [0.2, 0.25) is 5.91 Å². The minimum Gasteiger partial charge on any atom is -0.348 e. The average Bonchev–Trinajstić information content (AvgIpc) is 2.96. The van der Waals surface area contributed by atoms with Gasteiger partial charge < -0.3 is 5.32 Å². The predicted molar refractivity (Wildman–Crippen MR) is 75.1 cm³/mol. The van der Waals surface area contributed by atoms with Gasteiger partial charge in [0.05, 0.1) is 22.9 Å². The summed E-state index contributed by atoms with van der Waals surface area (Å²) in [5.41, 5.74) is 2.02. The minimum atomic E-state index is -0.0400. The maximum atomic E-state index is 11.9. The van der Waals surface area contributed by atoms with Crippen LogP contribution in [0.4, 0.5) is 0 Å². The van der Waals surface area contributed by atoms with Gasteiger partial charge in [-0.05, 0) is 32.8 Å². The second-order valence-electron chi connectivity index (χ2n) is 4.57. The third-order valence-corrected chi connectivity index (χ3v) is 3.82. The molecule has 1 amide bonds. The fourth-order valence-electron chi connectivity index (χ4n) is 2.00. The van der Waals surface area contributed by atoms with E-state index < -0.39 is 0 Å². The summed E-state index contributed by atoms with van der Waals surface area (Å²) in [6.45, 7) is 5.99. The largest absolute Gasteiger partial charge is 0.348 e. The van der Waals surface area contributed by atoms with Gasteiger partial charge in [-0.15, -0.1) is 11.3 Å². The van der Waals surface area contributed by atoms with Crippen molar-refractivity contribution < 1.29 is 4.79 Å². The number of aryl methyl sites for hydroxylation is 3. The first-order valence-electron chi connectivity index (χ1n) is 6.27. The summed E-state index contributed by atoms with van der Waals surface area (Å²) in [7, 11) is 0. The number of nitrogens with one attached hydrogen (secondary N) is 2. The molecule has 0 unspecified atom stereocenters. The molecule has 2 rings (SSSR count). The monoisotopic (exact) mass is 278 g/mol. The van der Waals surface area contributed by atoms with E-state index in [1.54, 1.807) is 17.5 Å². The second kappa shape index (κ2) is 5.97. The van der Waals surface area contributed by atoms with E-state index >= 15 is 0 Å². The first kappa shape index (κ1) is 13.7. The van der Waals surface area contributed by atoms with Gasteiger partial charge in [-0.3, -0.25) is 9.89 Å². The molecule has 1 atom stereocenters. The molecule has 0 aromatic carbocycles. The first-order chi connectivity index (χ1) is 9.06. The number of hydrogen-bond acceptors (Lipinski definition) is 4. The van der Waals surface area contributed by atoms with E-state index in [9.17, 15) is 4.79 Å². The van der Waals surface area contributed by atoms with Crippen molar-refractivity contribution in [2.45, 2.75) is 39.7 Å². The Kier molecular flexibility index (Phi) is 4.31. The Balaban J connectivity index is 1.86. The van der Waals surface area contributed by atoms with Crippen molar-refractivity contribution in [3.8, 4) is 0 Å². The Morgan fingerprint density at radius 1 is 1.53 bits per heavy atom. The van der Waals surface area contributed by atoms with Gasteiger partial charge in [-0.2, -0.15) is 5.10 Å². The molecule has 2 heterocycles. The highest BCUT2D eigenvalue weighted by atomic mass is 32.1. The van der Waals surface area contributed by atoms with Crippen LogP contribution in [0.1, 0.15) is 40.5 Å². The third kappa shape index (κ3) is 3.64. The lowest BCUT2D eigenvalue weighted by molar-refractivity contribution is -0.121. The number of aromatic nitrogens is 3. The van der Waals surface area contributed by atoms with Gasteiger partial charge >= 0.3 is 0 Å². The molecule has 19 heavy (non-hydrogen) atoms. The maximum absolute atomic E-state index is 11.9. The molecule has 0 saturated carbocycles. The molecule has 6 heteroatoms. The smallest absolute Gasteiger partial charge is 0.220 e. The van der Waals surface area contributed by atoms with Crippen LogP contribution in [0.3, 0.4) is 0 Å². The molecule has 0 fully saturated rings. The average molecular weight is 278 g/mol. The Morgan fingerprint density at radius 2 is 2.32 bits per heavy atom. The molecular formula is C13H18N4OS. The van der Waals surface area contributed by atoms with Crippen LogP contribution in [-0.2, 0) is 11.2 Å². The summed E-state index contributed by atoms with van der Waals surface area (Å²) in [6, 6.07) is -0.0400. The molecule has 0 aliphatic carbocycles. The zero-order valence-electron chi connectivity index (χ0n) is 11.4. The van der Waals surface area contributed by atoms with Gasteiger partial charge in [-0.1, -0.05) is 0 Å². The van der Waals surface area contributed by atoms with Crippen molar-refractivity contribution in [2.75, 3.05) is 0 Å². The lowest BCUT2D eigenvalue weighted by Gasteiger charge is -2.12. The molecule has 0 bridgehead atoms. The van der Waals surface area contributed by atoms with Crippen LogP contribution in [0, 0.1) is 13.8 Å². The highest BCUT2D eigenvalue weighted by Gasteiger charge is 2.15. The highest BCUT2D eigenvalue weighted by molar-refractivity contribution is 7.11. The number of rotatable bonds is 5. The Bertz CT molecular complexity index is 547. The van der Waals surface area contributed by atoms with Gasteiger partial charge in [0, 0.05) is 17.5 Å². The van der Waals surface area contributed by atoms with Crippen LogP contribution in [0.2, 0.25) is 0 Å². The van der Waals surface area contributed by atoms with Crippen LogP contribution in [0.25, 0.3) is 0 Å². The highest BCUT2D eigenvalue weighted by Crippen LogP contribution is 2.22. The molecule has 2 aromatic heterocycles. The topological polar surface area (TPSA) is 70.7 Å². The number of H-pyrrole nitrogens is 1. The van der Waals surface area contributed by atoms with Gasteiger partial charge in [0.25, 0.3) is 0 Å². The molecule has 0 saturated heterocycles. The number of hydrogen-bond donors (Lipinski definition) is 2. The molecule has 2 aromatic rings. The number of thiazole rings is 1. The quantitative estimate of drug-likeness (QED) is 0.881. The normalized spacial score (nSPS) is 12.4. The zero-order chi connectivity index (χ0) is 13.8. The first-order valence-corrected chi connectivity index (χ1v) is 7.09.